The van der Waals surface area contributed by atoms with E-state index in [9.17, 15) is 40.3 Å². The number of carbonyl (C=O) groups is 1. The number of nitrogens with one attached hydrogen (secondary N) is 2. The third kappa shape index (κ3) is 25.1. The van der Waals surface area contributed by atoms with Gasteiger partial charge in [-0.2, -0.15) is 9.42 Å². The number of unbranched alkanes of at least 4 members (excludes halogenated alkanes) is 34. The van der Waals surface area contributed by atoms with E-state index in [4.69, 9.17) is 16.3 Å². The highest BCUT2D eigenvalue weighted by atomic mass is 35.5. The Kier molecular flexibility index (Phi) is 34.2. The lowest BCUT2D eigenvalue weighted by molar-refractivity contribution is 0.0729. The maximum absolute atomic E-state index is 15.0. The first-order valence-corrected chi connectivity index (χ1v) is 41.6. The number of benzene rings is 6. The number of hydrogen-bond acceptors (Lipinski definition) is 12. The SMILES string of the molecule is CCCCCCCCCCCCCCCCCCCCN(CCCCCCCCCCCCCCCCCCCC)C(=O)c1cc(NS(=O)(=O)c2cc(N=Nc3cc(S(=O)(=O)N4CCOCC4)c(O)c4cccc(NS(=O)(=O)c5ccccc5)c34)ccc2Cl)c2ccccc2c1O. The predicted molar refractivity (Wildman–Crippen MR) is 398 cm³/mol. The van der Waals surface area contributed by atoms with Crippen molar-refractivity contribution in [2.24, 2.45) is 10.2 Å². The maximum Gasteiger partial charge on any atom is 0.263 e. The van der Waals surface area contributed by atoms with E-state index in [0.717, 1.165) is 57.4 Å². The number of ether oxygens (including phenoxy) is 1. The third-order valence-corrected chi connectivity index (χ3v) is 23.9. The zero-order valence-electron chi connectivity index (χ0n) is 58.1. The van der Waals surface area contributed by atoms with Gasteiger partial charge in [0.25, 0.3) is 26.0 Å². The Hall–Kier alpha value is -5.83. The Morgan fingerprint density at radius 1 is 0.474 bits per heavy atom. The molecule has 97 heavy (non-hydrogen) atoms. The number of nitrogens with zero attached hydrogens (tertiary/aromatic N) is 4. The van der Waals surface area contributed by atoms with Crippen molar-refractivity contribution in [1.82, 2.24) is 9.21 Å². The molecular formula is C77H111ClN6O10S3. The highest BCUT2D eigenvalue weighted by Gasteiger charge is 2.32. The van der Waals surface area contributed by atoms with Crippen LogP contribution in [0.4, 0.5) is 22.7 Å². The van der Waals surface area contributed by atoms with E-state index >= 15 is 0 Å². The van der Waals surface area contributed by atoms with E-state index in [-0.39, 0.29) is 92.3 Å². The topological polar surface area (TPSA) is 224 Å². The molecule has 0 spiro atoms. The summed E-state index contributed by atoms with van der Waals surface area (Å²) in [6, 6.07) is 25.0. The van der Waals surface area contributed by atoms with Crippen LogP contribution in [0.1, 0.15) is 255 Å². The van der Waals surface area contributed by atoms with Gasteiger partial charge >= 0.3 is 0 Å². The van der Waals surface area contributed by atoms with Crippen molar-refractivity contribution in [2.45, 2.75) is 260 Å². The van der Waals surface area contributed by atoms with Crippen molar-refractivity contribution in [3.8, 4) is 11.5 Å². The Labute approximate surface area is 586 Å². The molecule has 20 heteroatoms. The van der Waals surface area contributed by atoms with E-state index in [0.29, 0.717) is 18.5 Å². The molecule has 4 N–H and O–H groups in total. The number of amides is 1. The van der Waals surface area contributed by atoms with Crippen molar-refractivity contribution in [3.05, 3.63) is 114 Å². The quantitative estimate of drug-likeness (QED) is 0.0161. The van der Waals surface area contributed by atoms with Gasteiger partial charge in [0.1, 0.15) is 21.3 Å². The lowest BCUT2D eigenvalue weighted by Crippen LogP contribution is -2.40. The number of fused-ring (bicyclic) bond motifs is 2. The smallest absolute Gasteiger partial charge is 0.263 e. The molecular weight excluding hydrogens is 1300 g/mol. The van der Waals surface area contributed by atoms with Crippen LogP contribution in [0.3, 0.4) is 0 Å². The normalized spacial score (nSPS) is 13.3. The summed E-state index contributed by atoms with van der Waals surface area (Å²) in [7, 11) is -13.2. The fourth-order valence-electron chi connectivity index (χ4n) is 13.1. The molecule has 1 amide bonds. The number of rotatable bonds is 49. The van der Waals surface area contributed by atoms with Gasteiger partial charge in [0, 0.05) is 47.7 Å². The minimum atomic E-state index is -4.62. The average Bonchev–Trinajstić information content (AvgIpc) is 0.754. The fourth-order valence-corrected chi connectivity index (χ4v) is 17.3. The minimum Gasteiger partial charge on any atom is -0.506 e. The van der Waals surface area contributed by atoms with Crippen LogP contribution in [0.5, 0.6) is 11.5 Å². The van der Waals surface area contributed by atoms with Crippen molar-refractivity contribution in [1.29, 1.82) is 0 Å². The summed E-state index contributed by atoms with van der Waals surface area (Å²) in [5, 5.41) is 32.9. The Morgan fingerprint density at radius 2 is 0.918 bits per heavy atom. The number of anilines is 2. The molecule has 16 nitrogen and oxygen atoms in total. The zero-order chi connectivity index (χ0) is 69.1. The van der Waals surface area contributed by atoms with Crippen molar-refractivity contribution >= 4 is 91.9 Å². The molecule has 0 unspecified atom stereocenters. The second-order valence-electron chi connectivity index (χ2n) is 26.5. The highest BCUT2D eigenvalue weighted by Crippen LogP contribution is 2.45. The number of morpholine rings is 1. The summed E-state index contributed by atoms with van der Waals surface area (Å²) in [6.07, 6.45) is 45.2. The number of phenolic OH excluding ortho intramolecular Hbond substituents is 2. The Balaban J connectivity index is 1.04. The largest absolute Gasteiger partial charge is 0.506 e. The minimum absolute atomic E-state index is 0.00147. The molecule has 1 aliphatic heterocycles. The number of hydrogen-bond donors (Lipinski definition) is 4. The van der Waals surface area contributed by atoms with Crippen molar-refractivity contribution in [2.75, 3.05) is 48.8 Å². The van der Waals surface area contributed by atoms with Crippen LogP contribution in [0.2, 0.25) is 5.02 Å². The van der Waals surface area contributed by atoms with Crippen LogP contribution in [-0.4, -0.2) is 90.0 Å². The molecule has 0 saturated carbocycles. The summed E-state index contributed by atoms with van der Waals surface area (Å²) < 4.78 is 97.3. The van der Waals surface area contributed by atoms with Gasteiger partial charge in [-0.25, -0.2) is 25.3 Å². The maximum atomic E-state index is 15.0. The van der Waals surface area contributed by atoms with E-state index in [1.54, 1.807) is 42.5 Å². The average molecular weight is 1410 g/mol. The van der Waals surface area contributed by atoms with Gasteiger partial charge in [-0.05, 0) is 61.4 Å². The van der Waals surface area contributed by atoms with Crippen LogP contribution in [0.25, 0.3) is 21.5 Å². The number of phenols is 2. The van der Waals surface area contributed by atoms with Gasteiger partial charge in [-0.15, -0.1) is 5.11 Å². The Bertz CT molecular complexity index is 3700. The van der Waals surface area contributed by atoms with Crippen LogP contribution < -0.4 is 9.44 Å². The van der Waals surface area contributed by atoms with Gasteiger partial charge in [0.2, 0.25) is 10.0 Å². The van der Waals surface area contributed by atoms with Gasteiger partial charge in [0.05, 0.1) is 51.4 Å². The van der Waals surface area contributed by atoms with E-state index in [2.05, 4.69) is 33.5 Å². The Morgan fingerprint density at radius 3 is 1.41 bits per heavy atom. The molecule has 0 aromatic heterocycles. The lowest BCUT2D eigenvalue weighted by atomic mass is 10.0. The molecule has 0 radical (unpaired) electrons. The molecule has 1 heterocycles. The molecule has 1 fully saturated rings. The number of sulfonamides is 3. The van der Waals surface area contributed by atoms with E-state index < -0.39 is 45.6 Å². The number of aromatic hydroxyl groups is 2. The first-order valence-electron chi connectivity index (χ1n) is 36.8. The number of carbonyl (C=O) groups excluding carboxylic acids is 1. The second-order valence-corrected chi connectivity index (χ2v) is 32.2. The van der Waals surface area contributed by atoms with Crippen LogP contribution >= 0.6 is 11.6 Å². The molecule has 0 atom stereocenters. The molecule has 0 bridgehead atoms. The molecule has 1 saturated heterocycles. The first kappa shape index (κ1) is 78.5. The summed E-state index contributed by atoms with van der Waals surface area (Å²) in [5.74, 6) is -1.28. The predicted octanol–water partition coefficient (Wildman–Crippen LogP) is 21.6. The first-order chi connectivity index (χ1) is 47.1. The number of azo groups is 1. The second kappa shape index (κ2) is 42.3. The fraction of sp³-hybridized carbons (Fsp3) is 0.571. The molecule has 6 aromatic carbocycles. The zero-order valence-corrected chi connectivity index (χ0v) is 61.3. The third-order valence-electron chi connectivity index (χ3n) is 18.8. The van der Waals surface area contributed by atoms with Gasteiger partial charge in [-0.1, -0.05) is 298 Å². The van der Waals surface area contributed by atoms with Crippen molar-refractivity contribution < 1.29 is 45.0 Å². The van der Waals surface area contributed by atoms with Gasteiger partial charge in [0.15, 0.2) is 0 Å². The summed E-state index contributed by atoms with van der Waals surface area (Å²) >= 11 is 6.73. The van der Waals surface area contributed by atoms with E-state index in [1.165, 1.54) is 239 Å². The molecule has 534 valence electrons. The van der Waals surface area contributed by atoms with Gasteiger partial charge < -0.3 is 19.8 Å². The van der Waals surface area contributed by atoms with Crippen LogP contribution in [0, 0.1) is 0 Å². The highest BCUT2D eigenvalue weighted by molar-refractivity contribution is 7.93. The lowest BCUT2D eigenvalue weighted by Gasteiger charge is -2.26. The standard InChI is InChI=1S/C77H111ClN6O10S3/c1-3-5-7-9-11-13-15-17-19-21-23-25-27-29-31-33-35-42-53-83(54-43-36-34-32-30-28-26-24-22-20-18-16-14-12-10-8-6-4-2)77(87)67-60-70(64-47-40-41-48-65(64)75(67)85)82-96(90,91)72-59-62(51-52-68(72)78)79-80-71-61-73(97(92,93)84-55-57-94-58-56-84)76(86)66-49-44-50-69(74(66)71)81-95(88,89)63-45-38-37-39-46-63/h37-41,44-52,59-61,81-82,85-86H,3-36,42-43,53-58H2,1-2H3. The van der Waals surface area contributed by atoms with Crippen LogP contribution in [0.15, 0.2) is 128 Å². The van der Waals surface area contributed by atoms with E-state index in [1.807, 2.05) is 4.90 Å². The molecule has 1 aliphatic rings. The summed E-state index contributed by atoms with van der Waals surface area (Å²) in [5.41, 5.74) is -0.270. The number of halogens is 1. The van der Waals surface area contributed by atoms with Crippen molar-refractivity contribution in [3.63, 3.8) is 0 Å². The van der Waals surface area contributed by atoms with Crippen LogP contribution in [-0.2, 0) is 34.8 Å². The molecule has 0 aliphatic carbocycles. The van der Waals surface area contributed by atoms with Gasteiger partial charge in [-0.3, -0.25) is 14.2 Å². The molecule has 7 rings (SSSR count). The summed E-state index contributed by atoms with van der Waals surface area (Å²) in [6.45, 7) is 5.81. The summed E-state index contributed by atoms with van der Waals surface area (Å²) in [4.78, 5) is 15.8. The molecule has 6 aromatic rings. The monoisotopic (exact) mass is 1410 g/mol.